The largest absolute Gasteiger partial charge is 0.484 e. The Morgan fingerprint density at radius 3 is 2.81 bits per heavy atom. The van der Waals surface area contributed by atoms with Crippen molar-refractivity contribution < 1.29 is 9.53 Å². The van der Waals surface area contributed by atoms with Gasteiger partial charge in [0.25, 0.3) is 5.56 Å². The highest BCUT2D eigenvalue weighted by Gasteiger charge is 2.21. The Kier molecular flexibility index (Phi) is 4.53. The van der Waals surface area contributed by atoms with Crippen LogP contribution in [0.5, 0.6) is 5.75 Å². The monoisotopic (exact) mass is 381 g/mol. The molecular formula is C20H19N3O3S. The molecule has 1 amide bonds. The Labute approximate surface area is 160 Å². The van der Waals surface area contributed by atoms with Gasteiger partial charge < -0.3 is 14.6 Å². The highest BCUT2D eigenvalue weighted by molar-refractivity contribution is 7.09. The van der Waals surface area contributed by atoms with Gasteiger partial charge in [-0.1, -0.05) is 0 Å². The molecule has 0 saturated heterocycles. The lowest BCUT2D eigenvalue weighted by atomic mass is 9.96. The van der Waals surface area contributed by atoms with Crippen LogP contribution in [0.2, 0.25) is 0 Å². The van der Waals surface area contributed by atoms with Gasteiger partial charge in [0.15, 0.2) is 0 Å². The molecule has 1 N–H and O–H groups in total. The number of hydrogen-bond acceptors (Lipinski definition) is 5. The van der Waals surface area contributed by atoms with Gasteiger partial charge in [0.1, 0.15) is 17.4 Å². The van der Waals surface area contributed by atoms with Gasteiger partial charge in [-0.3, -0.25) is 9.59 Å². The first kappa shape index (κ1) is 17.5. The minimum atomic E-state index is -0.00998. The summed E-state index contributed by atoms with van der Waals surface area (Å²) in [4.78, 5) is 28.1. The minimum Gasteiger partial charge on any atom is -0.484 e. The van der Waals surface area contributed by atoms with Crippen molar-refractivity contribution in [3.63, 3.8) is 0 Å². The first-order chi connectivity index (χ1) is 13.0. The van der Waals surface area contributed by atoms with E-state index >= 15 is 0 Å². The molecule has 7 heteroatoms. The van der Waals surface area contributed by atoms with Crippen molar-refractivity contribution in [1.82, 2.24) is 9.55 Å². The van der Waals surface area contributed by atoms with E-state index in [0.717, 1.165) is 27.4 Å². The number of hydrogen-bond donors (Lipinski definition) is 1. The maximum absolute atomic E-state index is 12.0. The van der Waals surface area contributed by atoms with Crippen LogP contribution in [-0.4, -0.2) is 15.5 Å². The van der Waals surface area contributed by atoms with Crippen LogP contribution in [0.25, 0.3) is 11.1 Å². The van der Waals surface area contributed by atoms with E-state index in [1.165, 1.54) is 11.3 Å². The third-order valence-electron chi connectivity index (χ3n) is 4.60. The summed E-state index contributed by atoms with van der Waals surface area (Å²) in [6.45, 7) is 2.15. The van der Waals surface area contributed by atoms with Crippen LogP contribution < -0.4 is 15.6 Å². The third-order valence-corrected chi connectivity index (χ3v) is 5.35. The summed E-state index contributed by atoms with van der Waals surface area (Å²) in [5.41, 5.74) is 4.34. The highest BCUT2D eigenvalue weighted by Crippen LogP contribution is 2.38. The molecule has 6 nitrogen and oxygen atoms in total. The zero-order valence-electron chi connectivity index (χ0n) is 15.1. The highest BCUT2D eigenvalue weighted by atomic mass is 32.1. The van der Waals surface area contributed by atoms with Gasteiger partial charge in [0, 0.05) is 36.8 Å². The van der Waals surface area contributed by atoms with Crippen LogP contribution in [0.15, 0.2) is 40.8 Å². The lowest BCUT2D eigenvalue weighted by molar-refractivity contribution is -0.116. The molecule has 1 aromatic carbocycles. The number of pyridine rings is 1. The molecule has 0 radical (unpaired) electrons. The Balaban J connectivity index is 1.78. The number of carbonyl (C=O) groups is 1. The molecule has 3 aromatic rings. The molecule has 4 rings (SSSR count). The number of rotatable bonds is 4. The van der Waals surface area contributed by atoms with Crippen molar-refractivity contribution in [3.05, 3.63) is 62.5 Å². The number of nitrogens with one attached hydrogen (secondary N) is 1. The number of aromatic nitrogens is 2. The van der Waals surface area contributed by atoms with Gasteiger partial charge in [-0.05, 0) is 48.2 Å². The standard InChI is InChI=1S/C20H19N3O3S/c1-12-7-15(10-23(2)20(12)25)14-8-13-3-4-17(24)22-19(13)16(9-14)26-11-18-21-5-6-27-18/h5-10H,3-4,11H2,1-2H3,(H,22,24). The number of anilines is 1. The van der Waals surface area contributed by atoms with E-state index in [9.17, 15) is 9.59 Å². The number of carbonyl (C=O) groups excluding carboxylic acids is 1. The fourth-order valence-electron chi connectivity index (χ4n) is 3.24. The second kappa shape index (κ2) is 7.00. The summed E-state index contributed by atoms with van der Waals surface area (Å²) in [6.07, 6.45) is 4.68. The molecule has 3 heterocycles. The van der Waals surface area contributed by atoms with E-state index in [1.807, 2.05) is 30.6 Å². The molecule has 0 unspecified atom stereocenters. The molecule has 0 bridgehead atoms. The van der Waals surface area contributed by atoms with E-state index in [2.05, 4.69) is 16.4 Å². The molecule has 1 aliphatic rings. The third kappa shape index (κ3) is 3.50. The van der Waals surface area contributed by atoms with Crippen LogP contribution in [0.3, 0.4) is 0 Å². The molecule has 2 aromatic heterocycles. The first-order valence-electron chi connectivity index (χ1n) is 8.67. The molecule has 0 spiro atoms. The van der Waals surface area contributed by atoms with Crippen LogP contribution in [0, 0.1) is 6.92 Å². The molecule has 138 valence electrons. The zero-order valence-corrected chi connectivity index (χ0v) is 15.9. The molecule has 0 fully saturated rings. The smallest absolute Gasteiger partial charge is 0.253 e. The van der Waals surface area contributed by atoms with E-state index in [4.69, 9.17) is 4.74 Å². The molecule has 27 heavy (non-hydrogen) atoms. The first-order valence-corrected chi connectivity index (χ1v) is 9.55. The van der Waals surface area contributed by atoms with Gasteiger partial charge in [-0.15, -0.1) is 11.3 Å². The molecular weight excluding hydrogens is 362 g/mol. The SMILES string of the molecule is Cc1cc(-c2cc3c(c(OCc4nccs4)c2)NC(=O)CC3)cn(C)c1=O. The molecule has 0 saturated carbocycles. The number of amides is 1. The fraction of sp³-hybridized carbons (Fsp3) is 0.250. The maximum atomic E-state index is 12.0. The summed E-state index contributed by atoms with van der Waals surface area (Å²) in [5.74, 6) is 0.615. The number of aryl methyl sites for hydroxylation is 3. The fourth-order valence-corrected chi connectivity index (χ4v) is 3.77. The second-order valence-corrected chi connectivity index (χ2v) is 7.58. The Hall–Kier alpha value is -2.93. The predicted octanol–water partition coefficient (Wildman–Crippen LogP) is 3.28. The van der Waals surface area contributed by atoms with Crippen molar-refractivity contribution in [2.45, 2.75) is 26.4 Å². The Bertz CT molecular complexity index is 1040. The average Bonchev–Trinajstić information content (AvgIpc) is 3.17. The summed E-state index contributed by atoms with van der Waals surface area (Å²) >= 11 is 1.52. The van der Waals surface area contributed by atoms with E-state index in [0.29, 0.717) is 30.8 Å². The summed E-state index contributed by atoms with van der Waals surface area (Å²) in [7, 11) is 1.75. The summed E-state index contributed by atoms with van der Waals surface area (Å²) in [5, 5.41) is 5.71. The number of ether oxygens (including phenoxy) is 1. The van der Waals surface area contributed by atoms with Gasteiger partial charge >= 0.3 is 0 Å². The predicted molar refractivity (Wildman–Crippen MR) is 105 cm³/mol. The van der Waals surface area contributed by atoms with Crippen molar-refractivity contribution in [1.29, 1.82) is 0 Å². The van der Waals surface area contributed by atoms with Crippen LogP contribution in [0.1, 0.15) is 22.6 Å². The van der Waals surface area contributed by atoms with Gasteiger partial charge in [0.2, 0.25) is 5.91 Å². The molecule has 1 aliphatic heterocycles. The van der Waals surface area contributed by atoms with Crippen molar-refractivity contribution in [2.75, 3.05) is 5.32 Å². The van der Waals surface area contributed by atoms with Crippen LogP contribution in [-0.2, 0) is 24.9 Å². The Morgan fingerprint density at radius 2 is 2.07 bits per heavy atom. The molecule has 0 aliphatic carbocycles. The number of thiazole rings is 1. The van der Waals surface area contributed by atoms with E-state index < -0.39 is 0 Å². The molecule has 0 atom stereocenters. The minimum absolute atomic E-state index is 0.00713. The van der Waals surface area contributed by atoms with Crippen molar-refractivity contribution in [3.8, 4) is 16.9 Å². The number of fused-ring (bicyclic) bond motifs is 1. The van der Waals surface area contributed by atoms with Gasteiger partial charge in [-0.2, -0.15) is 0 Å². The quantitative estimate of drug-likeness (QED) is 0.753. The number of nitrogens with zero attached hydrogens (tertiary/aromatic N) is 2. The summed E-state index contributed by atoms with van der Waals surface area (Å²) < 4.78 is 7.59. The second-order valence-electron chi connectivity index (χ2n) is 6.60. The van der Waals surface area contributed by atoms with E-state index in [-0.39, 0.29) is 11.5 Å². The van der Waals surface area contributed by atoms with Crippen molar-refractivity contribution >= 4 is 22.9 Å². The maximum Gasteiger partial charge on any atom is 0.253 e. The zero-order chi connectivity index (χ0) is 19.0. The van der Waals surface area contributed by atoms with Gasteiger partial charge in [0.05, 0.1) is 5.69 Å². The lowest BCUT2D eigenvalue weighted by Crippen LogP contribution is -2.20. The topological polar surface area (TPSA) is 73.2 Å². The lowest BCUT2D eigenvalue weighted by Gasteiger charge is -2.22. The van der Waals surface area contributed by atoms with Gasteiger partial charge in [-0.25, -0.2) is 4.98 Å². The van der Waals surface area contributed by atoms with Crippen LogP contribution >= 0.6 is 11.3 Å². The normalized spacial score (nSPS) is 13.2. The Morgan fingerprint density at radius 1 is 1.22 bits per heavy atom. The average molecular weight is 381 g/mol. The number of benzene rings is 1. The van der Waals surface area contributed by atoms with Crippen molar-refractivity contribution in [2.24, 2.45) is 7.05 Å². The van der Waals surface area contributed by atoms with Crippen LogP contribution in [0.4, 0.5) is 5.69 Å². The summed E-state index contributed by atoms with van der Waals surface area (Å²) in [6, 6.07) is 5.86. The van der Waals surface area contributed by atoms with E-state index in [1.54, 1.807) is 17.8 Å².